The summed E-state index contributed by atoms with van der Waals surface area (Å²) in [6, 6.07) is -0.126. The normalized spacial score (nSPS) is 15.2. The number of fused-ring (bicyclic) bond motifs is 1. The number of ether oxygens (including phenoxy) is 1. The average molecular weight is 224 g/mol. The van der Waals surface area contributed by atoms with Gasteiger partial charge < -0.3 is 9.30 Å². The molecule has 16 heavy (non-hydrogen) atoms. The quantitative estimate of drug-likeness (QED) is 0.684. The maximum atomic E-state index is 12.1. The van der Waals surface area contributed by atoms with Gasteiger partial charge in [-0.3, -0.25) is 9.36 Å². The highest BCUT2D eigenvalue weighted by Crippen LogP contribution is 2.11. The maximum Gasteiger partial charge on any atom is 0.331 e. The van der Waals surface area contributed by atoms with Crippen LogP contribution < -0.4 is 11.2 Å². The van der Waals surface area contributed by atoms with Crippen LogP contribution in [-0.2, 0) is 24.8 Å². The van der Waals surface area contributed by atoms with E-state index in [4.69, 9.17) is 4.74 Å². The first kappa shape index (κ1) is 11.1. The van der Waals surface area contributed by atoms with Gasteiger partial charge in [0.1, 0.15) is 0 Å². The minimum Gasteiger partial charge on any atom is -0.376 e. The molecule has 0 amide bonds. The Morgan fingerprint density at radius 1 is 1.31 bits per heavy atom. The highest BCUT2D eigenvalue weighted by molar-refractivity contribution is 5.19. The molecule has 5 heteroatoms. The molecule has 0 fully saturated rings. The predicted octanol–water partition coefficient (Wildman–Crippen LogP) is 0.201. The van der Waals surface area contributed by atoms with Gasteiger partial charge >= 0.3 is 5.69 Å². The summed E-state index contributed by atoms with van der Waals surface area (Å²) in [4.78, 5) is 24.1. The minimum absolute atomic E-state index is 0.126. The summed E-state index contributed by atoms with van der Waals surface area (Å²) in [5.41, 5.74) is 1.01. The van der Waals surface area contributed by atoms with Crippen LogP contribution in [0.25, 0.3) is 0 Å². The van der Waals surface area contributed by atoms with Gasteiger partial charge in [-0.05, 0) is 13.8 Å². The van der Waals surface area contributed by atoms with E-state index >= 15 is 0 Å². The topological polar surface area (TPSA) is 53.2 Å². The Balaban J connectivity index is 2.81. The van der Waals surface area contributed by atoms with Crippen LogP contribution in [0, 0.1) is 0 Å². The van der Waals surface area contributed by atoms with E-state index < -0.39 is 0 Å². The van der Waals surface area contributed by atoms with Crippen molar-refractivity contribution in [1.82, 2.24) is 9.13 Å². The lowest BCUT2D eigenvalue weighted by Crippen LogP contribution is -2.45. The molecule has 1 aliphatic rings. The van der Waals surface area contributed by atoms with Crippen molar-refractivity contribution >= 4 is 0 Å². The molecule has 0 saturated heterocycles. The molecule has 0 spiro atoms. The van der Waals surface area contributed by atoms with Gasteiger partial charge in [-0.2, -0.15) is 0 Å². The summed E-state index contributed by atoms with van der Waals surface area (Å²) in [7, 11) is 1.71. The van der Waals surface area contributed by atoms with Gasteiger partial charge in [0, 0.05) is 25.2 Å². The predicted molar refractivity (Wildman–Crippen MR) is 59.7 cm³/mol. The van der Waals surface area contributed by atoms with Gasteiger partial charge in [-0.1, -0.05) is 0 Å². The van der Waals surface area contributed by atoms with Gasteiger partial charge in [0.05, 0.1) is 18.8 Å². The van der Waals surface area contributed by atoms with Crippen molar-refractivity contribution in [1.29, 1.82) is 0 Å². The molecule has 2 heterocycles. The molecule has 0 bridgehead atoms. The van der Waals surface area contributed by atoms with E-state index in [1.54, 1.807) is 11.6 Å². The van der Waals surface area contributed by atoms with Crippen molar-refractivity contribution in [3.8, 4) is 0 Å². The van der Waals surface area contributed by atoms with Crippen LogP contribution in [0.5, 0.6) is 0 Å². The van der Waals surface area contributed by atoms with Crippen LogP contribution in [0.3, 0.4) is 0 Å². The largest absolute Gasteiger partial charge is 0.376 e. The van der Waals surface area contributed by atoms with Gasteiger partial charge in [0.15, 0.2) is 0 Å². The van der Waals surface area contributed by atoms with Crippen molar-refractivity contribution < 1.29 is 4.74 Å². The van der Waals surface area contributed by atoms with Gasteiger partial charge in [-0.25, -0.2) is 4.79 Å². The lowest BCUT2D eigenvalue weighted by atomic mass is 10.1. The molecule has 1 aromatic heterocycles. The minimum atomic E-state index is -0.236. The third kappa shape index (κ3) is 1.51. The van der Waals surface area contributed by atoms with Gasteiger partial charge in [0.25, 0.3) is 5.56 Å². The summed E-state index contributed by atoms with van der Waals surface area (Å²) >= 11 is 0. The van der Waals surface area contributed by atoms with Gasteiger partial charge in [0.2, 0.25) is 0 Å². The molecule has 0 aliphatic carbocycles. The first-order valence-electron chi connectivity index (χ1n) is 5.45. The fourth-order valence-electron chi connectivity index (χ4n) is 2.10. The van der Waals surface area contributed by atoms with Crippen molar-refractivity contribution in [2.45, 2.75) is 32.9 Å². The molecule has 0 radical (unpaired) electrons. The third-order valence-electron chi connectivity index (χ3n) is 2.97. The molecule has 1 aliphatic heterocycles. The summed E-state index contributed by atoms with van der Waals surface area (Å²) in [6.07, 6.45) is 0.634. The lowest BCUT2D eigenvalue weighted by Gasteiger charge is -2.21. The molecule has 5 nitrogen and oxygen atoms in total. The zero-order valence-electron chi connectivity index (χ0n) is 9.82. The van der Waals surface area contributed by atoms with Crippen molar-refractivity contribution in [2.24, 2.45) is 7.05 Å². The first-order chi connectivity index (χ1) is 7.54. The average Bonchev–Trinajstić information content (AvgIpc) is 2.26. The van der Waals surface area contributed by atoms with Crippen LogP contribution in [-0.4, -0.2) is 15.7 Å². The Morgan fingerprint density at radius 3 is 2.62 bits per heavy atom. The number of rotatable bonds is 1. The van der Waals surface area contributed by atoms with Crippen LogP contribution in [0.15, 0.2) is 9.59 Å². The Bertz CT molecular complexity index is 525. The first-order valence-corrected chi connectivity index (χ1v) is 5.45. The number of hydrogen-bond acceptors (Lipinski definition) is 3. The highest BCUT2D eigenvalue weighted by atomic mass is 16.5. The molecule has 2 rings (SSSR count). The summed E-state index contributed by atoms with van der Waals surface area (Å²) in [5.74, 6) is 0. The van der Waals surface area contributed by atoms with Crippen molar-refractivity contribution in [2.75, 3.05) is 6.61 Å². The van der Waals surface area contributed by atoms with Crippen molar-refractivity contribution in [3.05, 3.63) is 32.1 Å². The highest BCUT2D eigenvalue weighted by Gasteiger charge is 2.21. The molecule has 0 N–H and O–H groups in total. The zero-order chi connectivity index (χ0) is 11.9. The van der Waals surface area contributed by atoms with Crippen LogP contribution in [0.4, 0.5) is 0 Å². The number of hydrogen-bond donors (Lipinski definition) is 0. The fraction of sp³-hybridized carbons (Fsp3) is 0.636. The molecule has 0 unspecified atom stereocenters. The SMILES string of the molecule is CC(C)n1c(=O)c2c(n(C)c1=O)CCOC2. The Kier molecular flexibility index (Phi) is 2.71. The summed E-state index contributed by atoms with van der Waals surface area (Å²) < 4.78 is 8.13. The molecule has 0 atom stereocenters. The second-order valence-electron chi connectivity index (χ2n) is 4.34. The van der Waals surface area contributed by atoms with E-state index in [-0.39, 0.29) is 17.3 Å². The number of aromatic nitrogens is 2. The molecule has 0 aromatic carbocycles. The summed E-state index contributed by atoms with van der Waals surface area (Å²) in [6.45, 7) is 4.55. The zero-order valence-corrected chi connectivity index (χ0v) is 9.82. The van der Waals surface area contributed by atoms with Crippen LogP contribution >= 0.6 is 0 Å². The van der Waals surface area contributed by atoms with Gasteiger partial charge in [-0.15, -0.1) is 0 Å². The van der Waals surface area contributed by atoms with E-state index in [1.165, 1.54) is 4.57 Å². The Morgan fingerprint density at radius 2 is 2.00 bits per heavy atom. The number of nitrogens with zero attached hydrogens (tertiary/aromatic N) is 2. The Labute approximate surface area is 93.3 Å². The molecular weight excluding hydrogens is 208 g/mol. The van der Waals surface area contributed by atoms with Crippen LogP contribution in [0.1, 0.15) is 31.1 Å². The fourth-order valence-corrected chi connectivity index (χ4v) is 2.10. The second-order valence-corrected chi connectivity index (χ2v) is 4.34. The molecule has 88 valence electrons. The van der Waals surface area contributed by atoms with Crippen molar-refractivity contribution in [3.63, 3.8) is 0 Å². The van der Waals surface area contributed by atoms with Crippen LogP contribution in [0.2, 0.25) is 0 Å². The Hall–Kier alpha value is -1.36. The summed E-state index contributed by atoms with van der Waals surface area (Å²) in [5, 5.41) is 0. The molecule has 1 aromatic rings. The van der Waals surface area contributed by atoms with E-state index in [0.717, 1.165) is 5.69 Å². The third-order valence-corrected chi connectivity index (χ3v) is 2.97. The van der Waals surface area contributed by atoms with E-state index in [2.05, 4.69) is 0 Å². The second kappa shape index (κ2) is 3.90. The van der Waals surface area contributed by atoms with E-state index in [0.29, 0.717) is 25.2 Å². The maximum absolute atomic E-state index is 12.1. The van der Waals surface area contributed by atoms with E-state index in [9.17, 15) is 9.59 Å². The van der Waals surface area contributed by atoms with E-state index in [1.807, 2.05) is 13.8 Å². The molecular formula is C11H16N2O3. The molecule has 0 saturated carbocycles. The smallest absolute Gasteiger partial charge is 0.331 e. The standard InChI is InChI=1S/C11H16N2O3/c1-7(2)13-10(14)8-6-16-5-4-9(8)12(3)11(13)15/h7H,4-6H2,1-3H3. The monoisotopic (exact) mass is 224 g/mol. The lowest BCUT2D eigenvalue weighted by molar-refractivity contribution is 0.105.